The molecule has 2 rings (SSSR count). The topological polar surface area (TPSA) is 57.0 Å². The van der Waals surface area contributed by atoms with Gasteiger partial charge in [-0.2, -0.15) is 0 Å². The Bertz CT molecular complexity index is 437. The number of methoxy groups -OCH3 is 1. The Morgan fingerprint density at radius 3 is 2.90 bits per heavy atom. The fraction of sp³-hybridized carbons (Fsp3) is 0.600. The van der Waals surface area contributed by atoms with Gasteiger partial charge in [0.2, 0.25) is 0 Å². The summed E-state index contributed by atoms with van der Waals surface area (Å²) in [5, 5.41) is 0. The Balaban J connectivity index is 1.93. The molecule has 1 aliphatic heterocycles. The smallest absolute Gasteiger partial charge is 0.163 e. The number of benzene rings is 1. The zero-order valence-electron chi connectivity index (χ0n) is 12.5. The lowest BCUT2D eigenvalue weighted by Gasteiger charge is -2.35. The highest BCUT2D eigenvalue weighted by Gasteiger charge is 2.23. The van der Waals surface area contributed by atoms with E-state index in [4.69, 9.17) is 19.9 Å². The largest absolute Gasteiger partial charge is 0.493 e. The third-order valence-corrected chi connectivity index (χ3v) is 3.51. The number of nitrogens with two attached hydrogens (primary N) is 1. The Kier molecular flexibility index (Phi) is 5.09. The normalized spacial score (nSPS) is 20.1. The molecule has 112 valence electrons. The van der Waals surface area contributed by atoms with Crippen molar-refractivity contribution in [2.45, 2.75) is 26.0 Å². The molecule has 1 aromatic carbocycles. The van der Waals surface area contributed by atoms with Gasteiger partial charge in [0.15, 0.2) is 11.5 Å². The van der Waals surface area contributed by atoms with Crippen LogP contribution in [0.1, 0.15) is 13.8 Å². The van der Waals surface area contributed by atoms with E-state index >= 15 is 0 Å². The summed E-state index contributed by atoms with van der Waals surface area (Å²) in [6, 6.07) is 5.92. The molecule has 1 aromatic rings. The number of anilines is 1. The van der Waals surface area contributed by atoms with Gasteiger partial charge in [0.05, 0.1) is 13.7 Å². The molecule has 5 nitrogen and oxygen atoms in total. The molecule has 1 saturated heterocycles. The first kappa shape index (κ1) is 14.9. The first-order valence-corrected chi connectivity index (χ1v) is 7.02. The number of hydrogen-bond donors (Lipinski definition) is 1. The number of ether oxygens (including phenoxy) is 3. The molecule has 0 saturated carbocycles. The van der Waals surface area contributed by atoms with Crippen LogP contribution in [0.15, 0.2) is 18.2 Å². The highest BCUT2D eigenvalue weighted by atomic mass is 16.5. The second-order valence-electron chi connectivity index (χ2n) is 5.30. The molecular weight excluding hydrogens is 256 g/mol. The molecule has 1 unspecified atom stereocenters. The van der Waals surface area contributed by atoms with Crippen LogP contribution in [0, 0.1) is 0 Å². The number of nitrogen functional groups attached to an aromatic ring is 1. The Labute approximate surface area is 120 Å². The van der Waals surface area contributed by atoms with Gasteiger partial charge in [0.1, 0.15) is 12.7 Å². The maximum Gasteiger partial charge on any atom is 0.163 e. The average Bonchev–Trinajstić information content (AvgIpc) is 2.45. The van der Waals surface area contributed by atoms with Gasteiger partial charge in [-0.1, -0.05) is 0 Å². The predicted octanol–water partition coefficient (Wildman–Crippen LogP) is 1.77. The summed E-state index contributed by atoms with van der Waals surface area (Å²) in [6.45, 7) is 7.52. The third kappa shape index (κ3) is 3.77. The van der Waals surface area contributed by atoms with E-state index in [1.54, 1.807) is 19.2 Å². The van der Waals surface area contributed by atoms with Crippen molar-refractivity contribution in [1.29, 1.82) is 0 Å². The number of nitrogens with zero attached hydrogens (tertiary/aromatic N) is 1. The van der Waals surface area contributed by atoms with Crippen molar-refractivity contribution in [3.8, 4) is 11.5 Å². The second kappa shape index (κ2) is 6.81. The van der Waals surface area contributed by atoms with Gasteiger partial charge in [0.25, 0.3) is 0 Å². The molecule has 0 radical (unpaired) electrons. The van der Waals surface area contributed by atoms with E-state index in [1.165, 1.54) is 0 Å². The summed E-state index contributed by atoms with van der Waals surface area (Å²) in [4.78, 5) is 2.40. The van der Waals surface area contributed by atoms with Gasteiger partial charge in [-0.15, -0.1) is 0 Å². The first-order valence-electron chi connectivity index (χ1n) is 7.02. The summed E-state index contributed by atoms with van der Waals surface area (Å²) in [6.07, 6.45) is 0.0808. The lowest BCUT2D eigenvalue weighted by atomic mass is 10.2. The third-order valence-electron chi connectivity index (χ3n) is 3.51. The fourth-order valence-corrected chi connectivity index (χ4v) is 2.30. The summed E-state index contributed by atoms with van der Waals surface area (Å²) in [5.41, 5.74) is 6.44. The van der Waals surface area contributed by atoms with Gasteiger partial charge in [-0.05, 0) is 26.0 Å². The molecule has 1 fully saturated rings. The SMILES string of the molecule is COc1ccc(N)cc1OCC1CN(C(C)C)CCO1. The summed E-state index contributed by atoms with van der Waals surface area (Å²) >= 11 is 0. The van der Waals surface area contributed by atoms with Crippen molar-refractivity contribution < 1.29 is 14.2 Å². The molecule has 0 aliphatic carbocycles. The lowest BCUT2D eigenvalue weighted by Crippen LogP contribution is -2.47. The monoisotopic (exact) mass is 280 g/mol. The van der Waals surface area contributed by atoms with Crippen LogP contribution >= 0.6 is 0 Å². The van der Waals surface area contributed by atoms with Crippen molar-refractivity contribution in [1.82, 2.24) is 4.90 Å². The van der Waals surface area contributed by atoms with Gasteiger partial charge in [-0.25, -0.2) is 0 Å². The van der Waals surface area contributed by atoms with E-state index in [0.717, 1.165) is 19.7 Å². The molecular formula is C15H24N2O3. The highest BCUT2D eigenvalue weighted by molar-refractivity contribution is 5.51. The molecule has 1 atom stereocenters. The molecule has 20 heavy (non-hydrogen) atoms. The van der Waals surface area contributed by atoms with E-state index in [-0.39, 0.29) is 6.10 Å². The Hall–Kier alpha value is -1.46. The zero-order valence-corrected chi connectivity index (χ0v) is 12.5. The van der Waals surface area contributed by atoms with Crippen LogP contribution in [0.2, 0.25) is 0 Å². The van der Waals surface area contributed by atoms with Crippen molar-refractivity contribution >= 4 is 5.69 Å². The molecule has 1 aliphatic rings. The Morgan fingerprint density at radius 2 is 2.20 bits per heavy atom. The standard InChI is InChI=1S/C15H24N2O3/c1-11(2)17-6-7-19-13(9-17)10-20-15-8-12(16)4-5-14(15)18-3/h4-5,8,11,13H,6-7,9-10,16H2,1-3H3. The zero-order chi connectivity index (χ0) is 14.5. The van der Waals surface area contributed by atoms with Crippen molar-refractivity contribution in [3.05, 3.63) is 18.2 Å². The maximum absolute atomic E-state index is 5.82. The van der Waals surface area contributed by atoms with Crippen LogP contribution in [-0.2, 0) is 4.74 Å². The van der Waals surface area contributed by atoms with Crippen molar-refractivity contribution in [2.24, 2.45) is 0 Å². The van der Waals surface area contributed by atoms with Crippen LogP contribution in [0.3, 0.4) is 0 Å². The molecule has 0 spiro atoms. The minimum atomic E-state index is 0.0808. The Morgan fingerprint density at radius 1 is 1.40 bits per heavy atom. The van der Waals surface area contributed by atoms with E-state index < -0.39 is 0 Å². The molecule has 5 heteroatoms. The molecule has 1 heterocycles. The molecule has 0 amide bonds. The minimum Gasteiger partial charge on any atom is -0.493 e. The average molecular weight is 280 g/mol. The van der Waals surface area contributed by atoms with E-state index in [2.05, 4.69) is 18.7 Å². The van der Waals surface area contributed by atoms with Gasteiger partial charge < -0.3 is 19.9 Å². The quantitative estimate of drug-likeness (QED) is 0.833. The summed E-state index contributed by atoms with van der Waals surface area (Å²) < 4.78 is 16.8. The van der Waals surface area contributed by atoms with E-state index in [0.29, 0.717) is 29.8 Å². The van der Waals surface area contributed by atoms with E-state index in [9.17, 15) is 0 Å². The van der Waals surface area contributed by atoms with Crippen molar-refractivity contribution in [3.63, 3.8) is 0 Å². The molecule has 0 bridgehead atoms. The van der Waals surface area contributed by atoms with Gasteiger partial charge in [-0.3, -0.25) is 4.90 Å². The van der Waals surface area contributed by atoms with Crippen LogP contribution in [0.4, 0.5) is 5.69 Å². The fourth-order valence-electron chi connectivity index (χ4n) is 2.30. The van der Waals surface area contributed by atoms with Crippen LogP contribution < -0.4 is 15.2 Å². The number of rotatable bonds is 5. The molecule has 0 aromatic heterocycles. The number of morpholine rings is 1. The van der Waals surface area contributed by atoms with Crippen LogP contribution in [0.25, 0.3) is 0 Å². The van der Waals surface area contributed by atoms with Gasteiger partial charge in [0, 0.05) is 30.9 Å². The lowest BCUT2D eigenvalue weighted by molar-refractivity contribution is -0.0566. The highest BCUT2D eigenvalue weighted by Crippen LogP contribution is 2.29. The van der Waals surface area contributed by atoms with Crippen molar-refractivity contribution in [2.75, 3.05) is 39.1 Å². The second-order valence-corrected chi connectivity index (χ2v) is 5.30. The van der Waals surface area contributed by atoms with E-state index in [1.807, 2.05) is 6.07 Å². The minimum absolute atomic E-state index is 0.0808. The number of hydrogen-bond acceptors (Lipinski definition) is 5. The summed E-state index contributed by atoms with van der Waals surface area (Å²) in [5.74, 6) is 1.36. The van der Waals surface area contributed by atoms with Gasteiger partial charge >= 0.3 is 0 Å². The summed E-state index contributed by atoms with van der Waals surface area (Å²) in [7, 11) is 1.62. The van der Waals surface area contributed by atoms with Crippen LogP contribution in [0.5, 0.6) is 11.5 Å². The van der Waals surface area contributed by atoms with Crippen LogP contribution in [-0.4, -0.2) is 50.5 Å². The maximum atomic E-state index is 5.82. The predicted molar refractivity (Wildman–Crippen MR) is 79.4 cm³/mol. The molecule has 2 N–H and O–H groups in total. The first-order chi connectivity index (χ1) is 9.60.